The Morgan fingerprint density at radius 3 is 2.15 bits per heavy atom. The molecule has 0 saturated carbocycles. The first-order chi connectivity index (χ1) is 15.7. The van der Waals surface area contributed by atoms with Crippen LogP contribution in [0.2, 0.25) is 0 Å². The van der Waals surface area contributed by atoms with Crippen LogP contribution in [0.3, 0.4) is 0 Å². The number of thioether (sulfide) groups is 1. The van der Waals surface area contributed by atoms with E-state index in [0.29, 0.717) is 10.6 Å². The smallest absolute Gasteiger partial charge is 0.175 e. The Balaban J connectivity index is 1.75. The van der Waals surface area contributed by atoms with Crippen molar-refractivity contribution < 1.29 is 12.8 Å². The average molecular weight is 482 g/mol. The summed E-state index contributed by atoms with van der Waals surface area (Å²) < 4.78 is 39.2. The van der Waals surface area contributed by atoms with Crippen LogP contribution in [0.15, 0.2) is 83.1 Å². The Morgan fingerprint density at radius 2 is 1.58 bits per heavy atom. The molecule has 0 fully saturated rings. The van der Waals surface area contributed by atoms with Crippen molar-refractivity contribution in [1.29, 1.82) is 0 Å². The van der Waals surface area contributed by atoms with Gasteiger partial charge in [-0.1, -0.05) is 23.9 Å². The van der Waals surface area contributed by atoms with Gasteiger partial charge in [0.25, 0.3) is 0 Å². The van der Waals surface area contributed by atoms with Crippen LogP contribution in [0.4, 0.5) is 4.39 Å². The van der Waals surface area contributed by atoms with Crippen molar-refractivity contribution in [1.82, 2.24) is 14.5 Å². The maximum absolute atomic E-state index is 13.6. The van der Waals surface area contributed by atoms with Gasteiger partial charge in [-0.2, -0.15) is 0 Å². The van der Waals surface area contributed by atoms with E-state index in [-0.39, 0.29) is 11.9 Å². The summed E-state index contributed by atoms with van der Waals surface area (Å²) in [5.74, 6) is 0.339. The van der Waals surface area contributed by atoms with Crippen molar-refractivity contribution >= 4 is 21.6 Å². The molecule has 2 aromatic heterocycles. The van der Waals surface area contributed by atoms with E-state index in [1.165, 1.54) is 18.4 Å². The molecule has 0 aliphatic carbocycles. The predicted octanol–water partition coefficient (Wildman–Crippen LogP) is 6.03. The molecule has 170 valence electrons. The zero-order chi connectivity index (χ0) is 23.6. The first-order valence-corrected chi connectivity index (χ1v) is 13.3. The van der Waals surface area contributed by atoms with Crippen LogP contribution >= 0.6 is 11.8 Å². The van der Waals surface area contributed by atoms with Crippen LogP contribution in [-0.4, -0.2) is 29.2 Å². The number of hydrogen-bond donors (Lipinski definition) is 0. The minimum atomic E-state index is -3.23. The monoisotopic (exact) mass is 481 g/mol. The lowest BCUT2D eigenvalue weighted by molar-refractivity contribution is 0.555. The number of sulfone groups is 1. The van der Waals surface area contributed by atoms with Crippen molar-refractivity contribution in [2.24, 2.45) is 0 Å². The normalized spacial score (nSPS) is 11.8. The molecule has 33 heavy (non-hydrogen) atoms. The SMILES string of the molecule is CC(C)n1c(SCc2ccc(S(C)(=O)=O)cc2)nc(-c2ccc(F)cc2)c1-c1ccncc1. The Bertz CT molecular complexity index is 1350. The summed E-state index contributed by atoms with van der Waals surface area (Å²) in [5.41, 5.74) is 4.55. The summed E-state index contributed by atoms with van der Waals surface area (Å²) in [6.07, 6.45) is 4.70. The molecule has 0 atom stereocenters. The minimum Gasteiger partial charge on any atom is -0.316 e. The lowest BCUT2D eigenvalue weighted by Gasteiger charge is -2.16. The third-order valence-electron chi connectivity index (χ3n) is 5.19. The molecule has 0 unspecified atom stereocenters. The number of benzene rings is 2. The van der Waals surface area contributed by atoms with Gasteiger partial charge in [0.1, 0.15) is 5.82 Å². The van der Waals surface area contributed by atoms with Gasteiger partial charge in [0.05, 0.1) is 16.3 Å². The number of nitrogens with zero attached hydrogens (tertiary/aromatic N) is 3. The van der Waals surface area contributed by atoms with Crippen molar-refractivity contribution in [3.8, 4) is 22.5 Å². The quantitative estimate of drug-likeness (QED) is 0.302. The number of halogens is 1. The molecule has 2 heterocycles. The van der Waals surface area contributed by atoms with Crippen molar-refractivity contribution in [3.63, 3.8) is 0 Å². The van der Waals surface area contributed by atoms with E-state index in [0.717, 1.165) is 33.2 Å². The Kier molecular flexibility index (Phi) is 6.67. The van der Waals surface area contributed by atoms with Crippen LogP contribution in [0, 0.1) is 5.82 Å². The molecule has 5 nitrogen and oxygen atoms in total. The van der Waals surface area contributed by atoms with Gasteiger partial charge in [-0.25, -0.2) is 17.8 Å². The van der Waals surface area contributed by atoms with E-state index in [1.807, 2.05) is 24.3 Å². The number of aromatic nitrogens is 3. The Labute approximate surface area is 197 Å². The second-order valence-corrected chi connectivity index (χ2v) is 11.0. The number of pyridine rings is 1. The average Bonchev–Trinajstić information content (AvgIpc) is 3.18. The molecule has 0 saturated heterocycles. The van der Waals surface area contributed by atoms with E-state index >= 15 is 0 Å². The molecule has 0 spiro atoms. The lowest BCUT2D eigenvalue weighted by atomic mass is 10.1. The highest BCUT2D eigenvalue weighted by atomic mass is 32.2. The third-order valence-corrected chi connectivity index (χ3v) is 7.34. The summed E-state index contributed by atoms with van der Waals surface area (Å²) in [6, 6.07) is 17.3. The maximum atomic E-state index is 13.6. The zero-order valence-electron chi connectivity index (χ0n) is 18.6. The van der Waals surface area contributed by atoms with Crippen LogP contribution in [-0.2, 0) is 15.6 Å². The largest absolute Gasteiger partial charge is 0.316 e. The molecular weight excluding hydrogens is 457 g/mol. The molecule has 0 aliphatic rings. The summed E-state index contributed by atoms with van der Waals surface area (Å²) in [6.45, 7) is 4.21. The third kappa shape index (κ3) is 5.17. The topological polar surface area (TPSA) is 64.8 Å². The van der Waals surface area contributed by atoms with Crippen LogP contribution in [0.25, 0.3) is 22.5 Å². The molecule has 8 heteroatoms. The van der Waals surface area contributed by atoms with Crippen LogP contribution in [0.1, 0.15) is 25.5 Å². The number of hydrogen-bond acceptors (Lipinski definition) is 5. The second kappa shape index (κ2) is 9.49. The summed E-state index contributed by atoms with van der Waals surface area (Å²) in [5, 5.41) is 0.836. The number of imidazole rings is 1. The fourth-order valence-corrected chi connectivity index (χ4v) is 5.28. The van der Waals surface area contributed by atoms with Crippen molar-refractivity contribution in [2.75, 3.05) is 6.26 Å². The van der Waals surface area contributed by atoms with E-state index in [1.54, 1.807) is 48.4 Å². The minimum absolute atomic E-state index is 0.130. The van der Waals surface area contributed by atoms with Gasteiger partial charge in [-0.15, -0.1) is 0 Å². The fourth-order valence-electron chi connectivity index (χ4n) is 3.57. The molecule has 0 aliphatic heterocycles. The van der Waals surface area contributed by atoms with Gasteiger partial charge < -0.3 is 4.57 Å². The standard InChI is InChI=1S/C25H24FN3O2S2/c1-17(2)29-24(20-12-14-27-15-13-20)23(19-6-8-21(26)9-7-19)28-25(29)32-16-18-4-10-22(11-5-18)33(3,30)31/h4-15,17H,16H2,1-3H3. The molecule has 4 rings (SSSR count). The Hall–Kier alpha value is -2.97. The highest BCUT2D eigenvalue weighted by molar-refractivity contribution is 7.98. The first kappa shape index (κ1) is 23.2. The second-order valence-electron chi connectivity index (χ2n) is 8.00. The van der Waals surface area contributed by atoms with Gasteiger partial charge in [-0.3, -0.25) is 4.98 Å². The van der Waals surface area contributed by atoms with Crippen LogP contribution in [0.5, 0.6) is 0 Å². The Morgan fingerprint density at radius 1 is 0.939 bits per heavy atom. The van der Waals surface area contributed by atoms with Gasteiger partial charge in [-0.05, 0) is 67.9 Å². The predicted molar refractivity (Wildman–Crippen MR) is 130 cm³/mol. The lowest BCUT2D eigenvalue weighted by Crippen LogP contribution is -2.05. The molecule has 0 bridgehead atoms. The molecular formula is C25H24FN3O2S2. The zero-order valence-corrected chi connectivity index (χ0v) is 20.2. The van der Waals surface area contributed by atoms with E-state index < -0.39 is 9.84 Å². The molecule has 0 amide bonds. The van der Waals surface area contributed by atoms with E-state index in [9.17, 15) is 12.8 Å². The van der Waals surface area contributed by atoms with Gasteiger partial charge in [0.2, 0.25) is 0 Å². The first-order valence-electron chi connectivity index (χ1n) is 10.4. The van der Waals surface area contributed by atoms with Crippen LogP contribution < -0.4 is 0 Å². The highest BCUT2D eigenvalue weighted by Gasteiger charge is 2.22. The van der Waals surface area contributed by atoms with Crippen molar-refractivity contribution in [3.05, 3.63) is 84.4 Å². The van der Waals surface area contributed by atoms with Gasteiger partial charge in [0.15, 0.2) is 15.0 Å². The summed E-state index contributed by atoms with van der Waals surface area (Å²) >= 11 is 1.58. The maximum Gasteiger partial charge on any atom is 0.175 e. The number of rotatable bonds is 7. The molecule has 0 N–H and O–H groups in total. The van der Waals surface area contributed by atoms with Gasteiger partial charge in [0, 0.05) is 41.6 Å². The van der Waals surface area contributed by atoms with Gasteiger partial charge >= 0.3 is 0 Å². The van der Waals surface area contributed by atoms with E-state index in [4.69, 9.17) is 4.98 Å². The van der Waals surface area contributed by atoms with Crippen molar-refractivity contribution in [2.45, 2.75) is 35.7 Å². The fraction of sp³-hybridized carbons (Fsp3) is 0.200. The molecule has 2 aromatic carbocycles. The molecule has 4 aromatic rings. The summed E-state index contributed by atoms with van der Waals surface area (Å²) in [7, 11) is -3.23. The highest BCUT2D eigenvalue weighted by Crippen LogP contribution is 2.38. The molecule has 0 radical (unpaired) electrons. The van der Waals surface area contributed by atoms with E-state index in [2.05, 4.69) is 23.4 Å². The summed E-state index contributed by atoms with van der Waals surface area (Å²) in [4.78, 5) is 9.41.